The standard InChI is InChI=1S/C27H28N2O5/c1-2-11-27(25(31)32)15-29(16-27)24(30)17-12-18(13-17)28-26(33)34-14-23-21-9-5-3-7-19(21)20-8-4-6-10-22(20)23/h2-10,17-18,23H,1,11-16H2,(H,28,33)(H,31,32). The van der Waals surface area contributed by atoms with Crippen LogP contribution in [-0.2, 0) is 14.3 Å². The molecule has 2 aromatic rings. The lowest BCUT2D eigenvalue weighted by molar-refractivity contribution is -0.168. The van der Waals surface area contributed by atoms with Crippen molar-refractivity contribution < 1.29 is 24.2 Å². The Morgan fingerprint density at radius 2 is 1.65 bits per heavy atom. The predicted octanol–water partition coefficient (Wildman–Crippen LogP) is 3.79. The van der Waals surface area contributed by atoms with E-state index in [4.69, 9.17) is 4.74 Å². The molecule has 0 unspecified atom stereocenters. The van der Waals surface area contributed by atoms with Gasteiger partial charge in [-0.3, -0.25) is 9.59 Å². The van der Waals surface area contributed by atoms with Gasteiger partial charge in [0, 0.05) is 31.0 Å². The number of benzene rings is 2. The van der Waals surface area contributed by atoms with Crippen molar-refractivity contribution in [3.63, 3.8) is 0 Å². The maximum atomic E-state index is 12.7. The molecule has 2 aromatic carbocycles. The Kier molecular flexibility index (Phi) is 5.63. The van der Waals surface area contributed by atoms with Gasteiger partial charge >= 0.3 is 12.1 Å². The van der Waals surface area contributed by atoms with Gasteiger partial charge in [-0.1, -0.05) is 54.6 Å². The average molecular weight is 461 g/mol. The van der Waals surface area contributed by atoms with Gasteiger partial charge in [-0.05, 0) is 41.5 Å². The summed E-state index contributed by atoms with van der Waals surface area (Å²) in [4.78, 5) is 38.2. The van der Waals surface area contributed by atoms with Gasteiger partial charge in [-0.25, -0.2) is 4.79 Å². The number of likely N-dealkylation sites (tertiary alicyclic amines) is 1. The number of amides is 2. The van der Waals surface area contributed by atoms with Crippen molar-refractivity contribution >= 4 is 18.0 Å². The number of carbonyl (C=O) groups is 3. The van der Waals surface area contributed by atoms with Gasteiger partial charge in [0.1, 0.15) is 12.0 Å². The molecule has 2 fully saturated rings. The first-order chi connectivity index (χ1) is 16.4. The second kappa shape index (κ2) is 8.63. The number of nitrogens with zero attached hydrogens (tertiary/aromatic N) is 1. The molecule has 2 amide bonds. The molecule has 1 aliphatic heterocycles. The lowest BCUT2D eigenvalue weighted by Gasteiger charge is -2.49. The summed E-state index contributed by atoms with van der Waals surface area (Å²) in [5, 5.41) is 12.3. The van der Waals surface area contributed by atoms with Crippen molar-refractivity contribution in [1.82, 2.24) is 10.2 Å². The van der Waals surface area contributed by atoms with E-state index >= 15 is 0 Å². The van der Waals surface area contributed by atoms with Crippen LogP contribution in [-0.4, -0.2) is 53.7 Å². The van der Waals surface area contributed by atoms with Crippen molar-refractivity contribution in [2.24, 2.45) is 11.3 Å². The van der Waals surface area contributed by atoms with Gasteiger partial charge < -0.3 is 20.1 Å². The molecule has 0 atom stereocenters. The van der Waals surface area contributed by atoms with E-state index in [1.165, 1.54) is 11.1 Å². The van der Waals surface area contributed by atoms with E-state index in [1.807, 2.05) is 24.3 Å². The number of hydrogen-bond acceptors (Lipinski definition) is 4. The van der Waals surface area contributed by atoms with Gasteiger partial charge in [-0.2, -0.15) is 0 Å². The lowest BCUT2D eigenvalue weighted by Crippen LogP contribution is -2.64. The van der Waals surface area contributed by atoms with Crippen LogP contribution in [0.15, 0.2) is 61.2 Å². The number of alkyl carbamates (subject to hydrolysis) is 1. The highest BCUT2D eigenvalue weighted by atomic mass is 16.5. The molecule has 0 bridgehead atoms. The van der Waals surface area contributed by atoms with Crippen LogP contribution in [0.25, 0.3) is 11.1 Å². The monoisotopic (exact) mass is 460 g/mol. The average Bonchev–Trinajstić information content (AvgIpc) is 3.10. The molecular weight excluding hydrogens is 432 g/mol. The number of carboxylic acid groups (broad SMARTS) is 1. The number of allylic oxidation sites excluding steroid dienone is 1. The molecule has 5 rings (SSSR count). The van der Waals surface area contributed by atoms with Crippen LogP contribution in [0.1, 0.15) is 36.3 Å². The molecule has 7 heteroatoms. The summed E-state index contributed by atoms with van der Waals surface area (Å²) < 4.78 is 5.58. The number of aliphatic carboxylic acids is 1. The second-order valence-corrected chi connectivity index (χ2v) is 9.61. The largest absolute Gasteiger partial charge is 0.481 e. The van der Waals surface area contributed by atoms with Crippen LogP contribution in [0.5, 0.6) is 0 Å². The smallest absolute Gasteiger partial charge is 0.407 e. The molecule has 1 heterocycles. The number of nitrogens with one attached hydrogen (secondary N) is 1. The van der Waals surface area contributed by atoms with Gasteiger partial charge in [0.15, 0.2) is 0 Å². The van der Waals surface area contributed by atoms with E-state index in [1.54, 1.807) is 11.0 Å². The Hall–Kier alpha value is -3.61. The molecule has 2 aliphatic carbocycles. The Morgan fingerprint density at radius 1 is 1.06 bits per heavy atom. The first-order valence-electron chi connectivity index (χ1n) is 11.7. The fourth-order valence-corrected chi connectivity index (χ4v) is 5.47. The fraction of sp³-hybridized carbons (Fsp3) is 0.370. The summed E-state index contributed by atoms with van der Waals surface area (Å²) in [5.74, 6) is -1.11. The SMILES string of the molecule is C=CCC1(C(=O)O)CN(C(=O)C2CC(NC(=O)OCC3c4ccccc4-c4ccccc43)C2)C1. The Bertz CT molecular complexity index is 1100. The third-order valence-corrected chi connectivity index (χ3v) is 7.44. The molecule has 7 nitrogen and oxygen atoms in total. The molecule has 34 heavy (non-hydrogen) atoms. The van der Waals surface area contributed by atoms with Crippen molar-refractivity contribution in [3.05, 3.63) is 72.3 Å². The Balaban J connectivity index is 1.10. The minimum atomic E-state index is -0.903. The molecule has 3 aliphatic rings. The third-order valence-electron chi connectivity index (χ3n) is 7.44. The van der Waals surface area contributed by atoms with Crippen molar-refractivity contribution in [1.29, 1.82) is 0 Å². The van der Waals surface area contributed by atoms with E-state index in [9.17, 15) is 19.5 Å². The second-order valence-electron chi connectivity index (χ2n) is 9.61. The zero-order valence-corrected chi connectivity index (χ0v) is 18.9. The van der Waals surface area contributed by atoms with Crippen molar-refractivity contribution in [3.8, 4) is 11.1 Å². The quantitative estimate of drug-likeness (QED) is 0.613. The summed E-state index contributed by atoms with van der Waals surface area (Å²) in [7, 11) is 0. The van der Waals surface area contributed by atoms with E-state index in [0.29, 0.717) is 19.3 Å². The zero-order valence-electron chi connectivity index (χ0n) is 18.9. The van der Waals surface area contributed by atoms with Gasteiger partial charge in [0.05, 0.1) is 0 Å². The van der Waals surface area contributed by atoms with Gasteiger partial charge in [0.2, 0.25) is 5.91 Å². The maximum Gasteiger partial charge on any atom is 0.407 e. The van der Waals surface area contributed by atoms with Crippen LogP contribution in [0.2, 0.25) is 0 Å². The third kappa shape index (κ3) is 3.75. The molecule has 1 saturated heterocycles. The molecule has 0 spiro atoms. The molecule has 2 N–H and O–H groups in total. The first kappa shape index (κ1) is 22.2. The number of rotatable bonds is 7. The van der Waals surface area contributed by atoms with Crippen LogP contribution < -0.4 is 5.32 Å². The van der Waals surface area contributed by atoms with E-state index < -0.39 is 17.5 Å². The van der Waals surface area contributed by atoms with Crippen LogP contribution in [0, 0.1) is 11.3 Å². The van der Waals surface area contributed by atoms with Crippen LogP contribution >= 0.6 is 0 Å². The van der Waals surface area contributed by atoms with E-state index in [2.05, 4.69) is 36.2 Å². The predicted molar refractivity (Wildman–Crippen MR) is 126 cm³/mol. The summed E-state index contributed by atoms with van der Waals surface area (Å²) in [6, 6.07) is 16.3. The Morgan fingerprint density at radius 3 is 2.21 bits per heavy atom. The number of carbonyl (C=O) groups excluding carboxylic acids is 2. The van der Waals surface area contributed by atoms with E-state index in [-0.39, 0.29) is 43.5 Å². The molecule has 1 saturated carbocycles. The molecule has 176 valence electrons. The highest BCUT2D eigenvalue weighted by molar-refractivity contribution is 5.85. The van der Waals surface area contributed by atoms with Gasteiger partial charge in [0.25, 0.3) is 0 Å². The van der Waals surface area contributed by atoms with Crippen LogP contribution in [0.4, 0.5) is 4.79 Å². The number of carboxylic acids is 1. The van der Waals surface area contributed by atoms with Crippen molar-refractivity contribution in [2.45, 2.75) is 31.2 Å². The zero-order chi connectivity index (χ0) is 23.9. The first-order valence-corrected chi connectivity index (χ1v) is 11.7. The fourth-order valence-electron chi connectivity index (χ4n) is 5.47. The number of hydrogen-bond donors (Lipinski definition) is 2. The maximum absolute atomic E-state index is 12.7. The highest BCUT2D eigenvalue weighted by Gasteiger charge is 2.52. The highest BCUT2D eigenvalue weighted by Crippen LogP contribution is 2.44. The van der Waals surface area contributed by atoms with E-state index in [0.717, 1.165) is 11.1 Å². The number of fused-ring (bicyclic) bond motifs is 3. The molecule has 0 aromatic heterocycles. The molecular formula is C27H28N2O5. The normalized spacial score (nSPS) is 21.9. The van der Waals surface area contributed by atoms with Gasteiger partial charge in [-0.15, -0.1) is 6.58 Å². The Labute approximate surface area is 198 Å². The lowest BCUT2D eigenvalue weighted by atomic mass is 9.73. The summed E-state index contributed by atoms with van der Waals surface area (Å²) >= 11 is 0. The minimum absolute atomic E-state index is 0.00495. The summed E-state index contributed by atoms with van der Waals surface area (Å²) in [6.07, 6.45) is 2.55. The van der Waals surface area contributed by atoms with Crippen LogP contribution in [0.3, 0.4) is 0 Å². The summed E-state index contributed by atoms with van der Waals surface area (Å²) in [5.41, 5.74) is 3.78. The van der Waals surface area contributed by atoms with Crippen molar-refractivity contribution in [2.75, 3.05) is 19.7 Å². The number of ether oxygens (including phenoxy) is 1. The summed E-state index contributed by atoms with van der Waals surface area (Å²) in [6.45, 7) is 4.31. The molecule has 0 radical (unpaired) electrons. The minimum Gasteiger partial charge on any atom is -0.481 e. The topological polar surface area (TPSA) is 95.9 Å².